The first-order chi connectivity index (χ1) is 7.92. The average Bonchev–Trinajstić information content (AvgIpc) is 2.27. The van der Waals surface area contributed by atoms with Crippen molar-refractivity contribution in [3.63, 3.8) is 0 Å². The molecule has 0 saturated carbocycles. The molecule has 0 heterocycles. The molecule has 3 heteroatoms. The largest absolute Gasteiger partial charge is 0.468 e. The van der Waals surface area contributed by atoms with Crippen molar-refractivity contribution < 1.29 is 9.53 Å². The second-order valence-corrected chi connectivity index (χ2v) is 5.16. The standard InChI is InChI=1S/C14H21NO2/c1-14(2,3)15-12(13(16)17-4)10-11-8-6-5-7-9-11/h5-9,12,15H,10H2,1-4H3/t12-/m0/s1. The normalized spacial score (nSPS) is 13.2. The molecule has 0 amide bonds. The number of nitrogens with one attached hydrogen (secondary N) is 1. The summed E-state index contributed by atoms with van der Waals surface area (Å²) >= 11 is 0. The van der Waals surface area contributed by atoms with Crippen LogP contribution in [0.5, 0.6) is 0 Å². The summed E-state index contributed by atoms with van der Waals surface area (Å²) in [5, 5.41) is 3.28. The van der Waals surface area contributed by atoms with Crippen LogP contribution in [0.3, 0.4) is 0 Å². The maximum Gasteiger partial charge on any atom is 0.323 e. The Kier molecular flexibility index (Phi) is 4.70. The highest BCUT2D eigenvalue weighted by molar-refractivity contribution is 5.76. The molecule has 1 N–H and O–H groups in total. The summed E-state index contributed by atoms with van der Waals surface area (Å²) in [6.07, 6.45) is 0.644. The van der Waals surface area contributed by atoms with Crippen molar-refractivity contribution in [2.75, 3.05) is 7.11 Å². The van der Waals surface area contributed by atoms with Gasteiger partial charge < -0.3 is 4.74 Å². The van der Waals surface area contributed by atoms with Crippen LogP contribution in [0.1, 0.15) is 26.3 Å². The molecule has 1 aromatic rings. The number of hydrogen-bond donors (Lipinski definition) is 1. The number of carbonyl (C=O) groups is 1. The van der Waals surface area contributed by atoms with E-state index in [4.69, 9.17) is 4.74 Å². The zero-order valence-corrected chi connectivity index (χ0v) is 11.0. The molecule has 0 aliphatic carbocycles. The van der Waals surface area contributed by atoms with E-state index < -0.39 is 0 Å². The highest BCUT2D eigenvalue weighted by Crippen LogP contribution is 2.09. The number of benzene rings is 1. The lowest BCUT2D eigenvalue weighted by Crippen LogP contribution is -2.49. The molecule has 1 aromatic carbocycles. The van der Waals surface area contributed by atoms with Crippen LogP contribution in [0.4, 0.5) is 0 Å². The predicted molar refractivity (Wildman–Crippen MR) is 68.8 cm³/mol. The molecule has 0 aromatic heterocycles. The van der Waals surface area contributed by atoms with Crippen LogP contribution in [0.15, 0.2) is 30.3 Å². The van der Waals surface area contributed by atoms with Crippen molar-refractivity contribution in [1.29, 1.82) is 0 Å². The quantitative estimate of drug-likeness (QED) is 0.813. The van der Waals surface area contributed by atoms with Crippen molar-refractivity contribution >= 4 is 5.97 Å². The SMILES string of the molecule is COC(=O)[C@H](Cc1ccccc1)NC(C)(C)C. The molecule has 94 valence electrons. The van der Waals surface area contributed by atoms with E-state index in [9.17, 15) is 4.79 Å². The van der Waals surface area contributed by atoms with Gasteiger partial charge in [0.05, 0.1) is 7.11 Å². The van der Waals surface area contributed by atoms with Crippen LogP contribution in [0.2, 0.25) is 0 Å². The third kappa shape index (κ3) is 5.00. The van der Waals surface area contributed by atoms with Gasteiger partial charge in [0.25, 0.3) is 0 Å². The van der Waals surface area contributed by atoms with E-state index in [2.05, 4.69) is 5.32 Å². The van der Waals surface area contributed by atoms with Crippen LogP contribution in [-0.2, 0) is 16.0 Å². The van der Waals surface area contributed by atoms with Gasteiger partial charge in [-0.25, -0.2) is 0 Å². The third-order valence-corrected chi connectivity index (χ3v) is 2.38. The molecule has 0 bridgehead atoms. The second-order valence-electron chi connectivity index (χ2n) is 5.16. The van der Waals surface area contributed by atoms with Gasteiger partial charge >= 0.3 is 5.97 Å². The van der Waals surface area contributed by atoms with Crippen molar-refractivity contribution in [2.45, 2.75) is 38.8 Å². The van der Waals surface area contributed by atoms with Crippen LogP contribution < -0.4 is 5.32 Å². The lowest BCUT2D eigenvalue weighted by molar-refractivity contribution is -0.143. The van der Waals surface area contributed by atoms with Crippen LogP contribution in [0, 0.1) is 0 Å². The summed E-state index contributed by atoms with van der Waals surface area (Å²) in [4.78, 5) is 11.7. The van der Waals surface area contributed by atoms with Gasteiger partial charge in [-0.3, -0.25) is 10.1 Å². The van der Waals surface area contributed by atoms with Crippen LogP contribution >= 0.6 is 0 Å². The molecule has 0 aliphatic heterocycles. The van der Waals surface area contributed by atoms with Crippen molar-refractivity contribution in [1.82, 2.24) is 5.32 Å². The van der Waals surface area contributed by atoms with E-state index in [-0.39, 0.29) is 17.6 Å². The number of methoxy groups -OCH3 is 1. The molecule has 1 atom stereocenters. The monoisotopic (exact) mass is 235 g/mol. The first-order valence-electron chi connectivity index (χ1n) is 5.82. The molecule has 0 unspecified atom stereocenters. The van der Waals surface area contributed by atoms with Gasteiger partial charge in [-0.2, -0.15) is 0 Å². The van der Waals surface area contributed by atoms with Crippen molar-refractivity contribution in [2.24, 2.45) is 0 Å². The topological polar surface area (TPSA) is 38.3 Å². The molecule has 0 radical (unpaired) electrons. The first kappa shape index (κ1) is 13.7. The lowest BCUT2D eigenvalue weighted by atomic mass is 10.0. The number of rotatable bonds is 4. The zero-order valence-electron chi connectivity index (χ0n) is 11.0. The smallest absolute Gasteiger partial charge is 0.323 e. The molecular formula is C14H21NO2. The minimum absolute atomic E-state index is 0.117. The Hall–Kier alpha value is -1.35. The molecule has 3 nitrogen and oxygen atoms in total. The predicted octanol–water partition coefficient (Wildman–Crippen LogP) is 2.16. The second kappa shape index (κ2) is 5.82. The molecule has 0 fully saturated rings. The van der Waals surface area contributed by atoms with E-state index >= 15 is 0 Å². The van der Waals surface area contributed by atoms with Crippen LogP contribution in [-0.4, -0.2) is 24.7 Å². The summed E-state index contributed by atoms with van der Waals surface area (Å²) in [7, 11) is 1.42. The molecule has 1 rings (SSSR count). The zero-order chi connectivity index (χ0) is 12.9. The lowest BCUT2D eigenvalue weighted by Gasteiger charge is -2.27. The maximum atomic E-state index is 11.7. The minimum Gasteiger partial charge on any atom is -0.468 e. The van der Waals surface area contributed by atoms with Crippen LogP contribution in [0.25, 0.3) is 0 Å². The Morgan fingerprint density at radius 3 is 2.35 bits per heavy atom. The van der Waals surface area contributed by atoms with E-state index in [1.54, 1.807) is 0 Å². The van der Waals surface area contributed by atoms with Crippen molar-refractivity contribution in [3.8, 4) is 0 Å². The van der Waals surface area contributed by atoms with Gasteiger partial charge in [-0.1, -0.05) is 30.3 Å². The Morgan fingerprint density at radius 2 is 1.88 bits per heavy atom. The Bertz CT molecular complexity index is 354. The summed E-state index contributed by atoms with van der Waals surface area (Å²) < 4.78 is 4.83. The molecule has 17 heavy (non-hydrogen) atoms. The Balaban J connectivity index is 2.74. The molecule has 0 saturated heterocycles. The fourth-order valence-electron chi connectivity index (χ4n) is 1.71. The average molecular weight is 235 g/mol. The van der Waals surface area contributed by atoms with Gasteiger partial charge in [-0.05, 0) is 32.8 Å². The fourth-order valence-corrected chi connectivity index (χ4v) is 1.71. The van der Waals surface area contributed by atoms with E-state index in [0.717, 1.165) is 5.56 Å². The van der Waals surface area contributed by atoms with Gasteiger partial charge in [0.15, 0.2) is 0 Å². The number of esters is 1. The summed E-state index contributed by atoms with van der Waals surface area (Å²) in [6, 6.07) is 9.64. The Morgan fingerprint density at radius 1 is 1.29 bits per heavy atom. The summed E-state index contributed by atoms with van der Waals surface area (Å²) in [6.45, 7) is 6.11. The van der Waals surface area contributed by atoms with E-state index in [1.165, 1.54) is 7.11 Å². The van der Waals surface area contributed by atoms with Gasteiger partial charge in [0, 0.05) is 5.54 Å². The number of carbonyl (C=O) groups excluding carboxylic acids is 1. The maximum absolute atomic E-state index is 11.7. The summed E-state index contributed by atoms with van der Waals surface area (Å²) in [5.74, 6) is -0.219. The van der Waals surface area contributed by atoms with E-state index in [1.807, 2.05) is 51.1 Å². The Labute approximate surface area is 103 Å². The summed E-state index contributed by atoms with van der Waals surface area (Å²) in [5.41, 5.74) is 1.01. The van der Waals surface area contributed by atoms with Gasteiger partial charge in [-0.15, -0.1) is 0 Å². The molecular weight excluding hydrogens is 214 g/mol. The highest BCUT2D eigenvalue weighted by atomic mass is 16.5. The number of ether oxygens (including phenoxy) is 1. The molecule has 0 aliphatic rings. The molecule has 0 spiro atoms. The third-order valence-electron chi connectivity index (χ3n) is 2.38. The minimum atomic E-state index is -0.303. The van der Waals surface area contributed by atoms with E-state index in [0.29, 0.717) is 6.42 Å². The highest BCUT2D eigenvalue weighted by Gasteiger charge is 2.24. The first-order valence-corrected chi connectivity index (χ1v) is 5.82. The van der Waals surface area contributed by atoms with Gasteiger partial charge in [0.1, 0.15) is 6.04 Å². The fraction of sp³-hybridized carbons (Fsp3) is 0.500. The van der Waals surface area contributed by atoms with Gasteiger partial charge in [0.2, 0.25) is 0 Å². The van der Waals surface area contributed by atoms with Crippen molar-refractivity contribution in [3.05, 3.63) is 35.9 Å². The number of hydrogen-bond acceptors (Lipinski definition) is 3.